The first-order chi connectivity index (χ1) is 9.53. The molecule has 5 nitrogen and oxygen atoms in total. The van der Waals surface area contributed by atoms with Crippen LogP contribution in [0.5, 0.6) is 0 Å². The van der Waals surface area contributed by atoms with Gasteiger partial charge in [-0.3, -0.25) is 4.79 Å². The molecule has 0 aromatic carbocycles. The van der Waals surface area contributed by atoms with Gasteiger partial charge in [0.2, 0.25) is 0 Å². The third-order valence-corrected chi connectivity index (χ3v) is 5.03. The lowest BCUT2D eigenvalue weighted by Crippen LogP contribution is -2.49. The number of carbonyl (C=O) groups is 2. The van der Waals surface area contributed by atoms with E-state index in [1.807, 2.05) is 0 Å². The van der Waals surface area contributed by atoms with Crippen LogP contribution in [0.25, 0.3) is 0 Å². The average Bonchev–Trinajstić information content (AvgIpc) is 2.83. The highest BCUT2D eigenvalue weighted by atomic mass is 16.4. The Morgan fingerprint density at radius 1 is 1.15 bits per heavy atom. The molecule has 0 aromatic rings. The first-order valence-electron chi connectivity index (χ1n) is 7.81. The molecule has 2 rings (SSSR count). The van der Waals surface area contributed by atoms with Crippen molar-refractivity contribution in [2.75, 3.05) is 6.54 Å². The van der Waals surface area contributed by atoms with Crippen molar-refractivity contribution in [1.82, 2.24) is 10.6 Å². The van der Waals surface area contributed by atoms with Crippen LogP contribution in [0, 0.1) is 11.3 Å². The molecule has 2 atom stereocenters. The monoisotopic (exact) mass is 282 g/mol. The lowest BCUT2D eigenvalue weighted by Gasteiger charge is -2.33. The fourth-order valence-electron chi connectivity index (χ4n) is 3.52. The predicted molar refractivity (Wildman–Crippen MR) is 76.5 cm³/mol. The van der Waals surface area contributed by atoms with Crippen LogP contribution in [0.4, 0.5) is 4.79 Å². The maximum Gasteiger partial charge on any atom is 0.315 e. The average molecular weight is 282 g/mol. The Morgan fingerprint density at radius 2 is 1.85 bits per heavy atom. The molecule has 2 amide bonds. The van der Waals surface area contributed by atoms with E-state index in [0.29, 0.717) is 18.8 Å². The van der Waals surface area contributed by atoms with Crippen molar-refractivity contribution >= 4 is 12.0 Å². The summed E-state index contributed by atoms with van der Waals surface area (Å²) in [6.45, 7) is 2.40. The van der Waals surface area contributed by atoms with Crippen LogP contribution >= 0.6 is 0 Å². The number of carboxylic acid groups (broad SMARTS) is 1. The lowest BCUT2D eigenvalue weighted by molar-refractivity contribution is -0.150. The minimum atomic E-state index is -0.772. The van der Waals surface area contributed by atoms with Crippen LogP contribution in [-0.4, -0.2) is 29.7 Å². The normalized spacial score (nSPS) is 28.9. The van der Waals surface area contributed by atoms with E-state index in [0.717, 1.165) is 38.5 Å². The Bertz CT molecular complexity index is 364. The zero-order valence-electron chi connectivity index (χ0n) is 12.3. The van der Waals surface area contributed by atoms with E-state index >= 15 is 0 Å². The number of nitrogens with one attached hydrogen (secondary N) is 2. The van der Waals surface area contributed by atoms with Crippen LogP contribution in [0.3, 0.4) is 0 Å². The summed E-state index contributed by atoms with van der Waals surface area (Å²) in [5.41, 5.74) is -0.753. The maximum atomic E-state index is 11.9. The molecule has 0 heterocycles. The van der Waals surface area contributed by atoms with Crippen LogP contribution in [-0.2, 0) is 4.79 Å². The molecule has 114 valence electrons. The van der Waals surface area contributed by atoms with E-state index < -0.39 is 11.4 Å². The number of amides is 2. The molecule has 2 fully saturated rings. The molecular formula is C15H26N2O3. The predicted octanol–water partition coefficient (Wildman–Crippen LogP) is 2.51. The molecule has 5 heteroatoms. The summed E-state index contributed by atoms with van der Waals surface area (Å²) in [5.74, 6) is -0.254. The van der Waals surface area contributed by atoms with Crippen molar-refractivity contribution in [2.45, 2.75) is 64.3 Å². The lowest BCUT2D eigenvalue weighted by atomic mass is 9.74. The summed E-state index contributed by atoms with van der Waals surface area (Å²) < 4.78 is 0. The zero-order chi connectivity index (χ0) is 14.6. The molecule has 0 aromatic heterocycles. The second-order valence-electron chi connectivity index (χ2n) is 6.49. The van der Waals surface area contributed by atoms with E-state index in [1.54, 1.807) is 0 Å². The van der Waals surface area contributed by atoms with Crippen molar-refractivity contribution in [3.63, 3.8) is 0 Å². The van der Waals surface area contributed by atoms with Gasteiger partial charge in [0, 0.05) is 12.6 Å². The Morgan fingerprint density at radius 3 is 2.40 bits per heavy atom. The summed E-state index contributed by atoms with van der Waals surface area (Å²) in [4.78, 5) is 23.5. The molecule has 0 bridgehead atoms. The van der Waals surface area contributed by atoms with E-state index in [9.17, 15) is 14.7 Å². The summed E-state index contributed by atoms with van der Waals surface area (Å²) in [6, 6.07) is 0.0251. The summed E-state index contributed by atoms with van der Waals surface area (Å²) in [6.07, 6.45) is 7.66. The van der Waals surface area contributed by atoms with Crippen molar-refractivity contribution in [2.24, 2.45) is 11.3 Å². The Balaban J connectivity index is 1.83. The van der Waals surface area contributed by atoms with Crippen molar-refractivity contribution in [3.8, 4) is 0 Å². The SMILES string of the molecule is CC1CCCC1NC(=O)NCC1(C(=O)O)CCCCC1. The highest BCUT2D eigenvalue weighted by molar-refractivity contribution is 5.78. The van der Waals surface area contributed by atoms with Crippen molar-refractivity contribution in [1.29, 1.82) is 0 Å². The minimum absolute atomic E-state index is 0.213. The number of aliphatic carboxylic acids is 1. The fourth-order valence-corrected chi connectivity index (χ4v) is 3.52. The van der Waals surface area contributed by atoms with E-state index in [2.05, 4.69) is 17.6 Å². The quantitative estimate of drug-likeness (QED) is 0.741. The van der Waals surface area contributed by atoms with Crippen LogP contribution in [0.1, 0.15) is 58.3 Å². The van der Waals surface area contributed by atoms with Gasteiger partial charge in [0.25, 0.3) is 0 Å². The van der Waals surface area contributed by atoms with Gasteiger partial charge in [-0.05, 0) is 31.6 Å². The number of hydrogen-bond donors (Lipinski definition) is 3. The number of hydrogen-bond acceptors (Lipinski definition) is 2. The maximum absolute atomic E-state index is 11.9. The van der Waals surface area contributed by atoms with E-state index in [4.69, 9.17) is 0 Å². The molecule has 0 spiro atoms. The highest BCUT2D eigenvalue weighted by Crippen LogP contribution is 2.36. The van der Waals surface area contributed by atoms with Crippen LogP contribution in [0.2, 0.25) is 0 Å². The highest BCUT2D eigenvalue weighted by Gasteiger charge is 2.40. The van der Waals surface area contributed by atoms with Gasteiger partial charge in [-0.2, -0.15) is 0 Å². The van der Waals surface area contributed by atoms with Crippen molar-refractivity contribution < 1.29 is 14.7 Å². The molecule has 2 unspecified atom stereocenters. The van der Waals surface area contributed by atoms with Gasteiger partial charge in [-0.1, -0.05) is 32.6 Å². The first-order valence-corrected chi connectivity index (χ1v) is 7.81. The molecule has 0 saturated heterocycles. The molecule has 2 aliphatic rings. The van der Waals surface area contributed by atoms with Gasteiger partial charge >= 0.3 is 12.0 Å². The molecule has 3 N–H and O–H groups in total. The van der Waals surface area contributed by atoms with Gasteiger partial charge < -0.3 is 15.7 Å². The molecule has 2 aliphatic carbocycles. The molecule has 0 radical (unpaired) electrons. The standard InChI is InChI=1S/C15H26N2O3/c1-11-6-5-7-12(11)17-14(20)16-10-15(13(18)19)8-3-2-4-9-15/h11-12H,2-10H2,1H3,(H,18,19)(H2,16,17,20). The molecular weight excluding hydrogens is 256 g/mol. The summed E-state index contributed by atoms with van der Waals surface area (Å²) in [7, 11) is 0. The minimum Gasteiger partial charge on any atom is -0.481 e. The summed E-state index contributed by atoms with van der Waals surface area (Å²) >= 11 is 0. The Labute approximate surface area is 120 Å². The van der Waals surface area contributed by atoms with Crippen LogP contribution in [0.15, 0.2) is 0 Å². The van der Waals surface area contributed by atoms with E-state index in [-0.39, 0.29) is 18.6 Å². The van der Waals surface area contributed by atoms with Crippen LogP contribution < -0.4 is 10.6 Å². The molecule has 0 aliphatic heterocycles. The fraction of sp³-hybridized carbons (Fsp3) is 0.867. The number of carboxylic acids is 1. The van der Waals surface area contributed by atoms with E-state index in [1.165, 1.54) is 0 Å². The third-order valence-electron chi connectivity index (χ3n) is 5.03. The van der Waals surface area contributed by atoms with Gasteiger partial charge in [0.15, 0.2) is 0 Å². The second-order valence-corrected chi connectivity index (χ2v) is 6.49. The van der Waals surface area contributed by atoms with Gasteiger partial charge in [-0.15, -0.1) is 0 Å². The summed E-state index contributed by atoms with van der Waals surface area (Å²) in [5, 5.41) is 15.2. The number of carbonyl (C=O) groups excluding carboxylic acids is 1. The zero-order valence-corrected chi connectivity index (χ0v) is 12.3. The van der Waals surface area contributed by atoms with Gasteiger partial charge in [0.1, 0.15) is 0 Å². The second kappa shape index (κ2) is 6.46. The largest absolute Gasteiger partial charge is 0.481 e. The third kappa shape index (κ3) is 3.44. The molecule has 2 saturated carbocycles. The van der Waals surface area contributed by atoms with Crippen molar-refractivity contribution in [3.05, 3.63) is 0 Å². The number of urea groups is 1. The Kier molecular flexibility index (Phi) is 4.89. The molecule has 20 heavy (non-hydrogen) atoms. The Hall–Kier alpha value is -1.26. The van der Waals surface area contributed by atoms with Gasteiger partial charge in [-0.25, -0.2) is 4.79 Å². The topological polar surface area (TPSA) is 78.4 Å². The number of rotatable bonds is 4. The smallest absolute Gasteiger partial charge is 0.315 e. The van der Waals surface area contributed by atoms with Gasteiger partial charge in [0.05, 0.1) is 5.41 Å². The first kappa shape index (κ1) is 15.1.